The first kappa shape index (κ1) is 24.2. The van der Waals surface area contributed by atoms with Crippen molar-refractivity contribution in [1.82, 2.24) is 15.6 Å². The van der Waals surface area contributed by atoms with Gasteiger partial charge in [-0.25, -0.2) is 9.18 Å². The molecule has 3 N–H and O–H groups in total. The highest BCUT2D eigenvalue weighted by Gasteiger charge is 2.59. The zero-order valence-corrected chi connectivity index (χ0v) is 20.8. The molecular formula is C28H33FN4O4. The van der Waals surface area contributed by atoms with Gasteiger partial charge in [-0.15, -0.1) is 0 Å². The topological polar surface area (TPSA) is 104 Å². The third-order valence-electron chi connectivity index (χ3n) is 8.68. The summed E-state index contributed by atoms with van der Waals surface area (Å²) in [6, 6.07) is 11.1. The molecule has 0 spiro atoms. The fourth-order valence-electron chi connectivity index (χ4n) is 7.78. The number of hydrogen-bond acceptors (Lipinski definition) is 6. The van der Waals surface area contributed by atoms with E-state index in [-0.39, 0.29) is 24.4 Å². The molecule has 5 fully saturated rings. The van der Waals surface area contributed by atoms with Crippen LogP contribution >= 0.6 is 0 Å². The Bertz CT molecular complexity index is 1190. The molecule has 4 saturated carbocycles. The molecule has 1 aromatic carbocycles. The largest absolute Gasteiger partial charge is 0.414 e. The summed E-state index contributed by atoms with van der Waals surface area (Å²) < 4.78 is 19.3. The van der Waals surface area contributed by atoms with Crippen LogP contribution in [0.1, 0.15) is 61.7 Å². The monoisotopic (exact) mass is 508 g/mol. The number of nitrogens with one attached hydrogen (secondary N) is 2. The van der Waals surface area contributed by atoms with Crippen LogP contribution in [0, 0.1) is 17.7 Å². The lowest BCUT2D eigenvalue weighted by atomic mass is 9.50. The zero-order chi connectivity index (χ0) is 25.6. The molecule has 4 aliphatic carbocycles. The summed E-state index contributed by atoms with van der Waals surface area (Å²) in [4.78, 5) is 32.7. The molecule has 196 valence electrons. The van der Waals surface area contributed by atoms with Gasteiger partial charge in [0.25, 0.3) is 5.91 Å². The molecule has 7 rings (SSSR count). The molecular weight excluding hydrogens is 475 g/mol. The average molecular weight is 509 g/mol. The van der Waals surface area contributed by atoms with Gasteiger partial charge in [0.05, 0.1) is 12.6 Å². The van der Waals surface area contributed by atoms with Crippen molar-refractivity contribution in [3.8, 4) is 5.88 Å². The van der Waals surface area contributed by atoms with E-state index >= 15 is 0 Å². The molecule has 4 bridgehead atoms. The number of aromatic nitrogens is 1. The van der Waals surface area contributed by atoms with Gasteiger partial charge in [-0.05, 0) is 87.5 Å². The molecule has 1 aliphatic heterocycles. The normalized spacial score (nSPS) is 31.8. The van der Waals surface area contributed by atoms with Gasteiger partial charge >= 0.3 is 6.09 Å². The highest BCUT2D eigenvalue weighted by atomic mass is 19.1. The van der Waals surface area contributed by atoms with Crippen LogP contribution in [0.15, 0.2) is 42.5 Å². The minimum Gasteiger partial charge on any atom is -0.394 e. The van der Waals surface area contributed by atoms with E-state index in [2.05, 4.69) is 20.5 Å². The van der Waals surface area contributed by atoms with Crippen LogP contribution in [0.3, 0.4) is 0 Å². The Balaban J connectivity index is 1.15. The predicted molar refractivity (Wildman–Crippen MR) is 135 cm³/mol. The SMILES string of the molecule is O=C(NC12CC3CC(C1)CC(NC(=O)c1cccc(F)c1)(C3)C2)Oc1cccc(N2CCC[C@@H]2CO)n1. The lowest BCUT2D eigenvalue weighted by Gasteiger charge is -2.62. The second kappa shape index (κ2) is 9.28. The molecule has 1 aromatic heterocycles. The van der Waals surface area contributed by atoms with Crippen molar-refractivity contribution < 1.29 is 23.8 Å². The first-order chi connectivity index (χ1) is 17.8. The second-order valence-corrected chi connectivity index (χ2v) is 11.5. The maximum absolute atomic E-state index is 13.7. The van der Waals surface area contributed by atoms with Gasteiger partial charge in [0.15, 0.2) is 0 Å². The number of anilines is 1. The summed E-state index contributed by atoms with van der Waals surface area (Å²) >= 11 is 0. The molecule has 2 aromatic rings. The molecule has 5 aliphatic rings. The van der Waals surface area contributed by atoms with E-state index in [1.807, 2.05) is 6.07 Å². The quantitative estimate of drug-likeness (QED) is 0.549. The van der Waals surface area contributed by atoms with Gasteiger partial charge in [-0.3, -0.25) is 4.79 Å². The lowest BCUT2D eigenvalue weighted by molar-refractivity contribution is -0.0449. The minimum atomic E-state index is -0.543. The van der Waals surface area contributed by atoms with Gasteiger partial charge in [-0.1, -0.05) is 12.1 Å². The Morgan fingerprint density at radius 3 is 2.54 bits per heavy atom. The number of ether oxygens (including phenoxy) is 1. The highest BCUT2D eigenvalue weighted by molar-refractivity contribution is 5.94. The van der Waals surface area contributed by atoms with Gasteiger partial charge < -0.3 is 25.4 Å². The van der Waals surface area contributed by atoms with Crippen LogP contribution in [-0.2, 0) is 0 Å². The fourth-order valence-corrected chi connectivity index (χ4v) is 7.78. The third-order valence-corrected chi connectivity index (χ3v) is 8.68. The Morgan fingerprint density at radius 2 is 1.81 bits per heavy atom. The van der Waals surface area contributed by atoms with E-state index in [9.17, 15) is 19.1 Å². The maximum atomic E-state index is 13.7. The number of aliphatic hydroxyl groups is 1. The van der Waals surface area contributed by atoms with Gasteiger partial charge in [0, 0.05) is 29.3 Å². The van der Waals surface area contributed by atoms with Crippen molar-refractivity contribution >= 4 is 17.8 Å². The second-order valence-electron chi connectivity index (χ2n) is 11.5. The Labute approximate surface area is 215 Å². The van der Waals surface area contributed by atoms with Crippen molar-refractivity contribution in [3.63, 3.8) is 0 Å². The summed E-state index contributed by atoms with van der Waals surface area (Å²) in [6.45, 7) is 0.874. The molecule has 9 heteroatoms. The Kier molecular flexibility index (Phi) is 6.06. The molecule has 8 nitrogen and oxygen atoms in total. The first-order valence-corrected chi connectivity index (χ1v) is 13.3. The summed E-state index contributed by atoms with van der Waals surface area (Å²) in [5.41, 5.74) is -0.566. The van der Waals surface area contributed by atoms with Crippen LogP contribution in [-0.4, -0.2) is 52.4 Å². The number of aliphatic hydroxyl groups excluding tert-OH is 1. The summed E-state index contributed by atoms with van der Waals surface area (Å²) in [7, 11) is 0. The predicted octanol–water partition coefficient (Wildman–Crippen LogP) is 3.79. The smallest absolute Gasteiger partial charge is 0.394 e. The molecule has 0 radical (unpaired) electrons. The van der Waals surface area contributed by atoms with Crippen LogP contribution in [0.4, 0.5) is 15.0 Å². The molecule has 2 heterocycles. The molecule has 2 amide bonds. The van der Waals surface area contributed by atoms with Crippen molar-refractivity contribution in [2.45, 2.75) is 68.5 Å². The van der Waals surface area contributed by atoms with Crippen molar-refractivity contribution in [3.05, 3.63) is 53.8 Å². The van der Waals surface area contributed by atoms with Crippen LogP contribution in [0.5, 0.6) is 5.88 Å². The average Bonchev–Trinajstić information content (AvgIpc) is 3.32. The molecule has 37 heavy (non-hydrogen) atoms. The van der Waals surface area contributed by atoms with Crippen LogP contribution in [0.25, 0.3) is 0 Å². The van der Waals surface area contributed by atoms with E-state index < -0.39 is 23.0 Å². The number of amides is 2. The Hall–Kier alpha value is -3.20. The number of halogens is 1. The maximum Gasteiger partial charge on any atom is 0.414 e. The third kappa shape index (κ3) is 4.77. The van der Waals surface area contributed by atoms with E-state index in [0.717, 1.165) is 51.5 Å². The number of carbonyl (C=O) groups excluding carboxylic acids is 2. The van der Waals surface area contributed by atoms with Gasteiger partial charge in [0.2, 0.25) is 5.88 Å². The highest BCUT2D eigenvalue weighted by Crippen LogP contribution is 2.57. The van der Waals surface area contributed by atoms with Gasteiger partial charge in [0.1, 0.15) is 11.6 Å². The number of hydrogen-bond donors (Lipinski definition) is 3. The van der Waals surface area contributed by atoms with Crippen LogP contribution < -0.4 is 20.3 Å². The zero-order valence-electron chi connectivity index (χ0n) is 20.8. The molecule has 3 atom stereocenters. The first-order valence-electron chi connectivity index (χ1n) is 13.3. The number of pyridine rings is 1. The van der Waals surface area contributed by atoms with E-state index in [1.54, 1.807) is 24.3 Å². The minimum absolute atomic E-state index is 0.0300. The van der Waals surface area contributed by atoms with E-state index in [4.69, 9.17) is 4.74 Å². The van der Waals surface area contributed by atoms with Crippen LogP contribution in [0.2, 0.25) is 0 Å². The van der Waals surface area contributed by atoms with E-state index in [1.165, 1.54) is 12.1 Å². The number of carbonyl (C=O) groups is 2. The summed E-state index contributed by atoms with van der Waals surface area (Å²) in [6.07, 6.45) is 6.53. The van der Waals surface area contributed by atoms with Crippen molar-refractivity contribution in [2.24, 2.45) is 11.8 Å². The fraction of sp³-hybridized carbons (Fsp3) is 0.536. The number of nitrogens with zero attached hydrogens (tertiary/aromatic N) is 2. The van der Waals surface area contributed by atoms with Gasteiger partial charge in [-0.2, -0.15) is 4.98 Å². The summed E-state index contributed by atoms with van der Waals surface area (Å²) in [5, 5.41) is 16.0. The number of benzene rings is 1. The van der Waals surface area contributed by atoms with Crippen molar-refractivity contribution in [1.29, 1.82) is 0 Å². The standard InChI is InChI=1S/C28H33FN4O4/c29-21-5-1-4-20(11-21)25(35)31-27-12-18-10-19(13-27)15-28(14-18,17-27)32-26(36)37-24-8-2-7-23(30-24)33-9-3-6-22(33)16-34/h1-2,4-5,7-8,11,18-19,22,34H,3,6,9-10,12-17H2,(H,31,35)(H,32,36)/t18?,19?,22-,27?,28?/m1/s1. The molecule has 1 saturated heterocycles. The summed E-state index contributed by atoms with van der Waals surface area (Å²) in [5.74, 6) is 1.01. The number of rotatable bonds is 6. The van der Waals surface area contributed by atoms with E-state index in [0.29, 0.717) is 29.6 Å². The lowest BCUT2D eigenvalue weighted by Crippen LogP contribution is -2.70. The van der Waals surface area contributed by atoms with Crippen molar-refractivity contribution in [2.75, 3.05) is 18.1 Å². The molecule has 2 unspecified atom stereocenters. The Morgan fingerprint density at radius 1 is 1.08 bits per heavy atom.